The molecule has 4 aliphatic rings. The fourth-order valence-corrected chi connectivity index (χ4v) is 7.84. The fourth-order valence-electron chi connectivity index (χ4n) is 7.84. The number of carboxylic acid groups (broad SMARTS) is 3. The third-order valence-corrected chi connectivity index (χ3v) is 12.6. The highest BCUT2D eigenvalue weighted by molar-refractivity contribution is 5.80. The van der Waals surface area contributed by atoms with E-state index in [4.69, 9.17) is 20.1 Å². The Morgan fingerprint density at radius 2 is 0.588 bits per heavy atom. The highest BCUT2D eigenvalue weighted by Gasteiger charge is 2.51. The molecule has 8 nitrogen and oxygen atoms in total. The molecule has 8 heteroatoms. The van der Waals surface area contributed by atoms with Gasteiger partial charge in [0.05, 0.1) is 28.3 Å². The predicted molar refractivity (Wildman–Crippen MR) is 204 cm³/mol. The first-order valence-corrected chi connectivity index (χ1v) is 20.9. The summed E-state index contributed by atoms with van der Waals surface area (Å²) in [4.78, 5) is 45.1. The van der Waals surface area contributed by atoms with Crippen molar-refractivity contribution in [2.45, 2.75) is 220 Å². The van der Waals surface area contributed by atoms with Crippen molar-refractivity contribution in [1.82, 2.24) is 0 Å². The second-order valence-corrected chi connectivity index (χ2v) is 16.8. The normalized spacial score (nSPS) is 19.1. The van der Waals surface area contributed by atoms with Gasteiger partial charge in [-0.1, -0.05) is 136 Å². The Hall–Kier alpha value is -2.12. The summed E-state index contributed by atoms with van der Waals surface area (Å²) in [6.07, 6.45) is 35.4. The summed E-state index contributed by atoms with van der Waals surface area (Å²) in [5.74, 6) is -1.71. The van der Waals surface area contributed by atoms with Crippen LogP contribution in [0.2, 0.25) is 0 Å². The Labute approximate surface area is 310 Å². The highest BCUT2D eigenvalue weighted by atomic mass is 16.5. The van der Waals surface area contributed by atoms with Gasteiger partial charge >= 0.3 is 23.9 Å². The van der Waals surface area contributed by atoms with Crippen LogP contribution in [0.25, 0.3) is 0 Å². The number of rotatable bonds is 31. The summed E-state index contributed by atoms with van der Waals surface area (Å²) in [6, 6.07) is 0. The highest BCUT2D eigenvalue weighted by Crippen LogP contribution is 2.52. The van der Waals surface area contributed by atoms with E-state index in [9.17, 15) is 19.2 Å². The molecule has 0 radical (unpaired) electrons. The third kappa shape index (κ3) is 16.2. The lowest BCUT2D eigenvalue weighted by atomic mass is 9.97. The van der Waals surface area contributed by atoms with E-state index in [2.05, 4.69) is 0 Å². The maximum Gasteiger partial charge on any atom is 0.312 e. The van der Waals surface area contributed by atoms with Crippen LogP contribution in [0.15, 0.2) is 0 Å². The summed E-state index contributed by atoms with van der Waals surface area (Å²) in [7, 11) is 0. The van der Waals surface area contributed by atoms with Gasteiger partial charge in [0.1, 0.15) is 0 Å². The van der Waals surface area contributed by atoms with Gasteiger partial charge in [-0.2, -0.15) is 0 Å². The van der Waals surface area contributed by atoms with Crippen LogP contribution in [0.1, 0.15) is 220 Å². The molecule has 0 saturated heterocycles. The molecule has 0 heterocycles. The van der Waals surface area contributed by atoms with E-state index in [0.717, 1.165) is 103 Å². The van der Waals surface area contributed by atoms with Crippen LogP contribution in [0, 0.1) is 21.7 Å². The van der Waals surface area contributed by atoms with E-state index < -0.39 is 17.9 Å². The van der Waals surface area contributed by atoms with Gasteiger partial charge in [0.15, 0.2) is 0 Å². The molecule has 0 aromatic heterocycles. The average Bonchev–Trinajstić information content (AvgIpc) is 3.89. The molecule has 4 rings (SSSR count). The van der Waals surface area contributed by atoms with Gasteiger partial charge in [-0.25, -0.2) is 0 Å². The minimum atomic E-state index is -0.585. The van der Waals surface area contributed by atoms with Crippen LogP contribution in [0.4, 0.5) is 0 Å². The smallest absolute Gasteiger partial charge is 0.312 e. The van der Waals surface area contributed by atoms with Gasteiger partial charge in [0, 0.05) is 0 Å². The number of hydrogen-bond donors (Lipinski definition) is 3. The molecule has 0 aromatic carbocycles. The largest absolute Gasteiger partial charge is 0.481 e. The minimum absolute atomic E-state index is 0. The molecular formula is C43H76O8. The van der Waals surface area contributed by atoms with Gasteiger partial charge in [-0.15, -0.1) is 0 Å². The number of unbranched alkanes of at least 4 members (excludes halogenated alkanes) is 18. The second kappa shape index (κ2) is 22.8. The van der Waals surface area contributed by atoms with Crippen LogP contribution in [-0.4, -0.2) is 45.8 Å². The molecule has 0 bridgehead atoms. The third-order valence-electron chi connectivity index (χ3n) is 12.6. The van der Waals surface area contributed by atoms with Crippen molar-refractivity contribution in [3.8, 4) is 0 Å². The van der Waals surface area contributed by atoms with Crippen molar-refractivity contribution in [2.75, 3.05) is 6.61 Å². The Balaban J connectivity index is 0.000000348. The average molecular weight is 721 g/mol. The van der Waals surface area contributed by atoms with Crippen LogP contribution < -0.4 is 0 Å². The number of carbonyl (C=O) groups excluding carboxylic acids is 1. The first-order valence-electron chi connectivity index (χ1n) is 20.9. The van der Waals surface area contributed by atoms with E-state index in [-0.39, 0.29) is 35.1 Å². The molecule has 4 aliphatic carbocycles. The van der Waals surface area contributed by atoms with Crippen LogP contribution in [-0.2, 0) is 23.9 Å². The van der Waals surface area contributed by atoms with Gasteiger partial charge in [-0.3, -0.25) is 19.2 Å². The Morgan fingerprint density at radius 1 is 0.392 bits per heavy atom. The monoisotopic (exact) mass is 721 g/mol. The van der Waals surface area contributed by atoms with E-state index in [1.54, 1.807) is 0 Å². The maximum atomic E-state index is 11.9. The molecule has 0 aromatic rings. The van der Waals surface area contributed by atoms with E-state index >= 15 is 0 Å². The molecular weight excluding hydrogens is 644 g/mol. The lowest BCUT2D eigenvalue weighted by Gasteiger charge is -2.13. The molecule has 0 unspecified atom stereocenters. The molecule has 0 aliphatic heterocycles. The number of hydrogen-bond acceptors (Lipinski definition) is 5. The molecule has 4 saturated carbocycles. The SMILES string of the molecule is C.CCOC(=O)C1(CCCCCCCCCCCCC2(C(=O)O)CC2)CC1.O=C(O)C1(CCCCCCCCCCCCC2(C(=O)O)CC2)CC1. The van der Waals surface area contributed by atoms with Gasteiger partial charge in [0.2, 0.25) is 0 Å². The zero-order chi connectivity index (χ0) is 36.4. The summed E-state index contributed by atoms with van der Waals surface area (Å²) in [6.45, 7) is 2.38. The molecule has 0 spiro atoms. The molecule has 4 fully saturated rings. The van der Waals surface area contributed by atoms with Crippen molar-refractivity contribution < 1.29 is 39.2 Å². The maximum absolute atomic E-state index is 11.9. The fraction of sp³-hybridized carbons (Fsp3) is 0.907. The molecule has 51 heavy (non-hydrogen) atoms. The van der Waals surface area contributed by atoms with E-state index in [0.29, 0.717) is 6.61 Å². The first-order chi connectivity index (χ1) is 24.1. The zero-order valence-electron chi connectivity index (χ0n) is 31.7. The Morgan fingerprint density at radius 3 is 0.765 bits per heavy atom. The summed E-state index contributed by atoms with van der Waals surface area (Å²) < 4.78 is 5.19. The lowest BCUT2D eigenvalue weighted by Crippen LogP contribution is -2.18. The topological polar surface area (TPSA) is 138 Å². The van der Waals surface area contributed by atoms with Crippen LogP contribution >= 0.6 is 0 Å². The van der Waals surface area contributed by atoms with Crippen molar-refractivity contribution in [3.05, 3.63) is 0 Å². The Kier molecular flexibility index (Phi) is 20.2. The van der Waals surface area contributed by atoms with Crippen molar-refractivity contribution in [1.29, 1.82) is 0 Å². The number of carbonyl (C=O) groups is 4. The molecule has 3 N–H and O–H groups in total. The van der Waals surface area contributed by atoms with Crippen LogP contribution in [0.5, 0.6) is 0 Å². The molecule has 0 amide bonds. The standard InChI is InChI=1S/C22H38O4.C20H34O4.CH4/c1-2-26-20(25)22(17-18-22)14-12-10-8-6-4-3-5-7-9-11-13-21(15-16-21)19(23)24;21-17(22)19(13-14-19)11-9-7-5-3-1-2-4-6-8-10-12-20(15-16-20)18(23)24;/h2-18H2,1H3,(H,23,24);1-16H2,(H,21,22)(H,23,24);1H4. The first kappa shape index (κ1) is 45.0. The van der Waals surface area contributed by atoms with Gasteiger partial charge in [0.25, 0.3) is 0 Å². The van der Waals surface area contributed by atoms with Crippen molar-refractivity contribution in [2.24, 2.45) is 21.7 Å². The van der Waals surface area contributed by atoms with Crippen molar-refractivity contribution in [3.63, 3.8) is 0 Å². The number of aliphatic carboxylic acids is 3. The minimum Gasteiger partial charge on any atom is -0.481 e. The Bertz CT molecular complexity index is 995. The molecule has 296 valence electrons. The number of ether oxygens (including phenoxy) is 1. The molecule has 0 atom stereocenters. The number of carboxylic acids is 3. The lowest BCUT2D eigenvalue weighted by molar-refractivity contribution is -0.150. The quantitative estimate of drug-likeness (QED) is 0.0475. The van der Waals surface area contributed by atoms with E-state index in [1.165, 1.54) is 103 Å². The van der Waals surface area contributed by atoms with Crippen molar-refractivity contribution >= 4 is 23.9 Å². The van der Waals surface area contributed by atoms with E-state index in [1.807, 2.05) is 6.92 Å². The second-order valence-electron chi connectivity index (χ2n) is 16.8. The number of esters is 1. The predicted octanol–water partition coefficient (Wildman–Crippen LogP) is 11.9. The summed E-state index contributed by atoms with van der Waals surface area (Å²) in [5.41, 5.74) is -1.10. The van der Waals surface area contributed by atoms with Crippen LogP contribution in [0.3, 0.4) is 0 Å². The summed E-state index contributed by atoms with van der Waals surface area (Å²) in [5, 5.41) is 27.4. The van der Waals surface area contributed by atoms with Gasteiger partial charge in [-0.05, 0) is 84.0 Å². The zero-order valence-corrected chi connectivity index (χ0v) is 31.7. The van der Waals surface area contributed by atoms with Gasteiger partial charge < -0.3 is 20.1 Å². The summed E-state index contributed by atoms with van der Waals surface area (Å²) >= 11 is 0.